The Bertz CT molecular complexity index is 1370. The number of ether oxygens (including phenoxy) is 1. The van der Waals surface area contributed by atoms with Crippen LogP contribution in [0.25, 0.3) is 21.5 Å². The first-order chi connectivity index (χ1) is 15.3. The SMILES string of the molecule is CC(C)(C)OC(=O)N1C2c3cc4ccccc4cc3C(c3cc4ccccc4cc32)[S@]1=O. The van der Waals surface area contributed by atoms with Gasteiger partial charge in [0, 0.05) is 0 Å². The molecule has 7 rings (SSSR count). The summed E-state index contributed by atoms with van der Waals surface area (Å²) in [5.41, 5.74) is 3.46. The molecular formula is C27H23NO3S. The van der Waals surface area contributed by atoms with Crippen molar-refractivity contribution in [3.05, 3.63) is 95.1 Å². The molecule has 2 heterocycles. The van der Waals surface area contributed by atoms with Crippen molar-refractivity contribution in [1.29, 1.82) is 0 Å². The average Bonchev–Trinajstić information content (AvgIpc) is 2.75. The van der Waals surface area contributed by atoms with Gasteiger partial charge in [0.25, 0.3) is 0 Å². The third-order valence-electron chi connectivity index (χ3n) is 6.26. The Morgan fingerprint density at radius 3 is 1.59 bits per heavy atom. The second kappa shape index (κ2) is 6.66. The zero-order chi connectivity index (χ0) is 22.2. The summed E-state index contributed by atoms with van der Waals surface area (Å²) in [4.78, 5) is 13.3. The number of nitrogens with zero attached hydrogens (tertiary/aromatic N) is 1. The zero-order valence-corrected chi connectivity index (χ0v) is 19.0. The van der Waals surface area contributed by atoms with Crippen LogP contribution in [0.15, 0.2) is 72.8 Å². The fourth-order valence-electron chi connectivity index (χ4n) is 4.99. The normalized spacial score (nSPS) is 21.5. The highest BCUT2D eigenvalue weighted by atomic mass is 32.2. The number of benzene rings is 4. The van der Waals surface area contributed by atoms with Crippen LogP contribution < -0.4 is 0 Å². The number of fused-ring (bicyclic) bond motifs is 3. The first kappa shape index (κ1) is 19.5. The molecule has 1 atom stereocenters. The third kappa shape index (κ3) is 2.81. The van der Waals surface area contributed by atoms with Gasteiger partial charge >= 0.3 is 6.09 Å². The molecule has 0 N–H and O–H groups in total. The summed E-state index contributed by atoms with van der Waals surface area (Å²) < 4.78 is 21.0. The molecular weight excluding hydrogens is 418 g/mol. The average molecular weight is 442 g/mol. The van der Waals surface area contributed by atoms with Gasteiger partial charge in [-0.1, -0.05) is 48.5 Å². The minimum atomic E-state index is -1.58. The molecule has 0 aromatic heterocycles. The van der Waals surface area contributed by atoms with Crippen LogP contribution in [0.1, 0.15) is 54.3 Å². The molecule has 2 bridgehead atoms. The van der Waals surface area contributed by atoms with Crippen molar-refractivity contribution in [2.24, 2.45) is 0 Å². The van der Waals surface area contributed by atoms with E-state index < -0.39 is 34.0 Å². The predicted octanol–water partition coefficient (Wildman–Crippen LogP) is 6.40. The zero-order valence-electron chi connectivity index (χ0n) is 18.2. The van der Waals surface area contributed by atoms with Crippen LogP contribution in [-0.2, 0) is 15.7 Å². The third-order valence-corrected chi connectivity index (χ3v) is 7.92. The highest BCUT2D eigenvalue weighted by Crippen LogP contribution is 2.54. The summed E-state index contributed by atoms with van der Waals surface area (Å²) in [6, 6.07) is 24.5. The van der Waals surface area contributed by atoms with Crippen LogP contribution in [0, 0.1) is 0 Å². The van der Waals surface area contributed by atoms with Gasteiger partial charge < -0.3 is 4.74 Å². The Hall–Kier alpha value is -3.18. The fraction of sp³-hybridized carbons (Fsp3) is 0.222. The van der Waals surface area contributed by atoms with Crippen molar-refractivity contribution >= 4 is 38.6 Å². The number of carbonyl (C=O) groups excluding carboxylic acids is 1. The van der Waals surface area contributed by atoms with Crippen LogP contribution in [0.5, 0.6) is 0 Å². The van der Waals surface area contributed by atoms with E-state index in [1.807, 2.05) is 45.0 Å². The number of amides is 1. The van der Waals surface area contributed by atoms with Crippen LogP contribution in [0.2, 0.25) is 0 Å². The Kier molecular flexibility index (Phi) is 4.06. The van der Waals surface area contributed by atoms with E-state index in [0.717, 1.165) is 43.8 Å². The van der Waals surface area contributed by atoms with E-state index in [1.54, 1.807) is 0 Å². The number of hydrogen-bond acceptors (Lipinski definition) is 3. The molecule has 0 saturated heterocycles. The second-order valence-electron chi connectivity index (χ2n) is 9.52. The van der Waals surface area contributed by atoms with Crippen molar-refractivity contribution in [1.82, 2.24) is 4.31 Å². The van der Waals surface area contributed by atoms with Crippen LogP contribution in [0.3, 0.4) is 0 Å². The first-order valence-corrected chi connectivity index (χ1v) is 12.0. The van der Waals surface area contributed by atoms with E-state index in [4.69, 9.17) is 4.74 Å². The molecule has 5 heteroatoms. The van der Waals surface area contributed by atoms with E-state index in [2.05, 4.69) is 48.5 Å². The maximum atomic E-state index is 13.8. The quantitative estimate of drug-likeness (QED) is 0.317. The molecule has 0 fully saturated rings. The molecule has 2 aliphatic heterocycles. The molecule has 0 unspecified atom stereocenters. The minimum Gasteiger partial charge on any atom is -0.443 e. The smallest absolute Gasteiger partial charge is 0.423 e. The van der Waals surface area contributed by atoms with Crippen molar-refractivity contribution in [2.75, 3.05) is 0 Å². The van der Waals surface area contributed by atoms with Gasteiger partial charge in [-0.3, -0.25) is 0 Å². The number of rotatable bonds is 0. The van der Waals surface area contributed by atoms with Crippen molar-refractivity contribution in [3.63, 3.8) is 0 Å². The summed E-state index contributed by atoms with van der Waals surface area (Å²) in [7, 11) is -1.58. The molecule has 4 aromatic rings. The fourth-order valence-corrected chi connectivity index (χ4v) is 6.68. The van der Waals surface area contributed by atoms with E-state index in [0.29, 0.717) is 0 Å². The lowest BCUT2D eigenvalue weighted by atomic mass is 9.79. The van der Waals surface area contributed by atoms with Gasteiger partial charge in [-0.05, 0) is 88.8 Å². The van der Waals surface area contributed by atoms with Gasteiger partial charge in [0.15, 0.2) is 0 Å². The standard InChI is InChI=1S/C27H23NO3S/c1-27(2,3)31-26(29)28-24-20-12-16-8-4-6-10-18(16)14-22(20)25(32(28)30)23-15-19-11-7-5-9-17(19)13-21(23)24/h4-15,24-25H,1-3H3/t24?,25?,32-/m1/s1. The highest BCUT2D eigenvalue weighted by molar-refractivity contribution is 7.83. The monoisotopic (exact) mass is 441 g/mol. The highest BCUT2D eigenvalue weighted by Gasteiger charge is 2.51. The molecule has 4 nitrogen and oxygen atoms in total. The largest absolute Gasteiger partial charge is 0.443 e. The second-order valence-corrected chi connectivity index (χ2v) is 10.9. The van der Waals surface area contributed by atoms with E-state index in [1.165, 1.54) is 4.31 Å². The molecule has 0 spiro atoms. The van der Waals surface area contributed by atoms with Gasteiger partial charge in [-0.2, -0.15) is 0 Å². The predicted molar refractivity (Wildman–Crippen MR) is 128 cm³/mol. The Balaban J connectivity index is 1.63. The first-order valence-electron chi connectivity index (χ1n) is 10.8. The van der Waals surface area contributed by atoms with E-state index in [-0.39, 0.29) is 0 Å². The molecule has 1 amide bonds. The van der Waals surface area contributed by atoms with E-state index in [9.17, 15) is 9.00 Å². The molecule has 0 radical (unpaired) electrons. The summed E-state index contributed by atoms with van der Waals surface area (Å²) >= 11 is 0. The Morgan fingerprint density at radius 1 is 0.781 bits per heavy atom. The van der Waals surface area contributed by atoms with Crippen LogP contribution in [-0.4, -0.2) is 20.2 Å². The molecule has 0 saturated carbocycles. The van der Waals surface area contributed by atoms with Gasteiger partial charge in [0.2, 0.25) is 0 Å². The van der Waals surface area contributed by atoms with E-state index >= 15 is 0 Å². The maximum absolute atomic E-state index is 13.8. The molecule has 3 aliphatic rings. The summed E-state index contributed by atoms with van der Waals surface area (Å²) in [5, 5.41) is 4.03. The Labute approximate surface area is 189 Å². The Morgan fingerprint density at radius 2 is 1.19 bits per heavy atom. The van der Waals surface area contributed by atoms with Crippen molar-refractivity contribution < 1.29 is 13.7 Å². The van der Waals surface area contributed by atoms with Crippen molar-refractivity contribution in [3.8, 4) is 0 Å². The number of carbonyl (C=O) groups is 1. The van der Waals surface area contributed by atoms with Gasteiger partial charge in [0.05, 0.1) is 6.04 Å². The molecule has 32 heavy (non-hydrogen) atoms. The van der Waals surface area contributed by atoms with Gasteiger partial charge in [-0.25, -0.2) is 13.3 Å². The summed E-state index contributed by atoms with van der Waals surface area (Å²) in [6.45, 7) is 5.50. The lowest BCUT2D eigenvalue weighted by molar-refractivity contribution is 0.0355. The van der Waals surface area contributed by atoms with Gasteiger partial charge in [-0.15, -0.1) is 0 Å². The maximum Gasteiger partial charge on any atom is 0.423 e. The van der Waals surface area contributed by atoms with Gasteiger partial charge in [0.1, 0.15) is 21.8 Å². The number of hydrogen-bond donors (Lipinski definition) is 0. The van der Waals surface area contributed by atoms with Crippen molar-refractivity contribution in [2.45, 2.75) is 37.7 Å². The summed E-state index contributed by atoms with van der Waals surface area (Å²) in [6.07, 6.45) is -0.538. The van der Waals surface area contributed by atoms with Crippen LogP contribution >= 0.6 is 0 Å². The lowest BCUT2D eigenvalue weighted by Crippen LogP contribution is -2.48. The summed E-state index contributed by atoms with van der Waals surface area (Å²) in [5.74, 6) is 0. The topological polar surface area (TPSA) is 46.6 Å². The lowest BCUT2D eigenvalue weighted by Gasteiger charge is -2.46. The molecule has 160 valence electrons. The van der Waals surface area contributed by atoms with Crippen LogP contribution in [0.4, 0.5) is 4.79 Å². The molecule has 1 aliphatic carbocycles. The minimum absolute atomic E-state index is 0.410. The molecule has 4 aromatic carbocycles.